The molecule has 1 fully saturated rings. The summed E-state index contributed by atoms with van der Waals surface area (Å²) in [5.41, 5.74) is 1.08. The highest BCUT2D eigenvalue weighted by Gasteiger charge is 2.28. The predicted octanol–water partition coefficient (Wildman–Crippen LogP) is 0.253. The van der Waals surface area contributed by atoms with E-state index < -0.39 is 0 Å². The third-order valence-corrected chi connectivity index (χ3v) is 2.98. The van der Waals surface area contributed by atoms with Crippen molar-refractivity contribution >= 4 is 5.91 Å². The fraction of sp³-hybridized carbons (Fsp3) is 0.636. The minimum Gasteiger partial charge on any atom is -0.346 e. The first-order chi connectivity index (χ1) is 7.70. The number of carbonyl (C=O) groups is 1. The molecular formula is C11H18N4O. The number of H-pyrrole nitrogens is 1. The van der Waals surface area contributed by atoms with Gasteiger partial charge < -0.3 is 15.2 Å². The molecule has 0 spiro atoms. The topological polar surface area (TPSA) is 61.0 Å². The van der Waals surface area contributed by atoms with E-state index in [-0.39, 0.29) is 5.91 Å². The molecule has 5 nitrogen and oxygen atoms in total. The van der Waals surface area contributed by atoms with Crippen molar-refractivity contribution in [3.05, 3.63) is 17.7 Å². The molecule has 0 radical (unpaired) electrons. The molecule has 0 unspecified atom stereocenters. The summed E-state index contributed by atoms with van der Waals surface area (Å²) in [5, 5.41) is 2.89. The van der Waals surface area contributed by atoms with Gasteiger partial charge in [-0.05, 0) is 20.4 Å². The molecule has 2 rings (SSSR count). The summed E-state index contributed by atoms with van der Waals surface area (Å²) in [5.74, 6) is 1.56. The standard InChI is InChI=1S/C11H18N4O/c1-8-5-13-11(14-8)9-3-4-15(7-9)10(16)6-12-2/h5,9,12H,3-4,6-7H2,1-2H3,(H,13,14)/t9-/m0/s1. The zero-order valence-electron chi connectivity index (χ0n) is 9.79. The van der Waals surface area contributed by atoms with Crippen LogP contribution in [0.5, 0.6) is 0 Å². The Kier molecular flexibility index (Phi) is 3.24. The van der Waals surface area contributed by atoms with Gasteiger partial charge in [0.25, 0.3) is 0 Å². The fourth-order valence-corrected chi connectivity index (χ4v) is 2.11. The van der Waals surface area contributed by atoms with Crippen LogP contribution in [0.2, 0.25) is 0 Å². The van der Waals surface area contributed by atoms with Gasteiger partial charge in [-0.2, -0.15) is 0 Å². The van der Waals surface area contributed by atoms with Crippen molar-refractivity contribution in [2.45, 2.75) is 19.3 Å². The van der Waals surface area contributed by atoms with Crippen molar-refractivity contribution < 1.29 is 4.79 Å². The summed E-state index contributed by atoms with van der Waals surface area (Å²) in [7, 11) is 1.79. The number of aromatic amines is 1. The van der Waals surface area contributed by atoms with Gasteiger partial charge in [-0.1, -0.05) is 0 Å². The number of hydrogen-bond donors (Lipinski definition) is 2. The lowest BCUT2D eigenvalue weighted by Crippen LogP contribution is -2.35. The molecule has 0 aliphatic carbocycles. The van der Waals surface area contributed by atoms with Crippen LogP contribution >= 0.6 is 0 Å². The number of likely N-dealkylation sites (N-methyl/N-ethyl adjacent to an activating group) is 1. The van der Waals surface area contributed by atoms with E-state index in [1.54, 1.807) is 7.05 Å². The Morgan fingerprint density at radius 1 is 1.75 bits per heavy atom. The molecule has 16 heavy (non-hydrogen) atoms. The van der Waals surface area contributed by atoms with Crippen LogP contribution in [0, 0.1) is 6.92 Å². The number of aryl methyl sites for hydroxylation is 1. The smallest absolute Gasteiger partial charge is 0.236 e. The molecule has 88 valence electrons. The van der Waals surface area contributed by atoms with E-state index in [0.717, 1.165) is 31.0 Å². The van der Waals surface area contributed by atoms with E-state index in [1.807, 2.05) is 18.0 Å². The molecule has 1 aliphatic rings. The SMILES string of the molecule is CNCC(=O)N1CC[C@H](c2ncc(C)[nH]2)C1. The second kappa shape index (κ2) is 4.65. The van der Waals surface area contributed by atoms with Crippen LogP contribution < -0.4 is 5.32 Å². The van der Waals surface area contributed by atoms with Gasteiger partial charge in [0.05, 0.1) is 6.54 Å². The molecule has 0 bridgehead atoms. The average Bonchev–Trinajstić information content (AvgIpc) is 2.85. The van der Waals surface area contributed by atoms with Gasteiger partial charge in [-0.3, -0.25) is 4.79 Å². The van der Waals surface area contributed by atoms with Crippen molar-refractivity contribution in [3.63, 3.8) is 0 Å². The molecule has 5 heteroatoms. The highest BCUT2D eigenvalue weighted by molar-refractivity contribution is 5.78. The van der Waals surface area contributed by atoms with Gasteiger partial charge in [0.15, 0.2) is 0 Å². The fourth-order valence-electron chi connectivity index (χ4n) is 2.11. The van der Waals surface area contributed by atoms with Crippen LogP contribution in [-0.4, -0.2) is 47.5 Å². The molecule has 0 aromatic carbocycles. The lowest BCUT2D eigenvalue weighted by atomic mass is 10.1. The summed E-state index contributed by atoms with van der Waals surface area (Å²) in [6, 6.07) is 0. The average molecular weight is 222 g/mol. The normalized spacial score (nSPS) is 20.4. The number of nitrogens with one attached hydrogen (secondary N) is 2. The summed E-state index contributed by atoms with van der Waals surface area (Å²) >= 11 is 0. The molecule has 1 aliphatic heterocycles. The van der Waals surface area contributed by atoms with Gasteiger partial charge in [0, 0.05) is 30.9 Å². The van der Waals surface area contributed by atoms with Gasteiger partial charge in [-0.25, -0.2) is 4.98 Å². The Labute approximate surface area is 95.2 Å². The molecule has 2 heterocycles. The number of aromatic nitrogens is 2. The van der Waals surface area contributed by atoms with Crippen LogP contribution in [0.15, 0.2) is 6.20 Å². The number of rotatable bonds is 3. The van der Waals surface area contributed by atoms with Crippen LogP contribution in [0.25, 0.3) is 0 Å². The molecule has 0 saturated carbocycles. The van der Waals surface area contributed by atoms with E-state index in [0.29, 0.717) is 12.5 Å². The van der Waals surface area contributed by atoms with Gasteiger partial charge >= 0.3 is 0 Å². The summed E-state index contributed by atoms with van der Waals surface area (Å²) in [4.78, 5) is 21.1. The second-order valence-corrected chi connectivity index (χ2v) is 4.31. The summed E-state index contributed by atoms with van der Waals surface area (Å²) in [6.45, 7) is 4.04. The number of nitrogens with zero attached hydrogens (tertiary/aromatic N) is 2. The van der Waals surface area contributed by atoms with Gasteiger partial charge in [-0.15, -0.1) is 0 Å². The van der Waals surface area contributed by atoms with Gasteiger partial charge in [0.2, 0.25) is 5.91 Å². The number of carbonyl (C=O) groups excluding carboxylic acids is 1. The van der Waals surface area contributed by atoms with Gasteiger partial charge in [0.1, 0.15) is 5.82 Å². The minimum absolute atomic E-state index is 0.174. The van der Waals surface area contributed by atoms with Crippen molar-refractivity contribution in [1.82, 2.24) is 20.2 Å². The van der Waals surface area contributed by atoms with Crippen LogP contribution in [0.4, 0.5) is 0 Å². The molecule has 1 atom stereocenters. The Morgan fingerprint density at radius 3 is 3.19 bits per heavy atom. The van der Waals surface area contributed by atoms with Crippen LogP contribution in [0.3, 0.4) is 0 Å². The van der Waals surface area contributed by atoms with E-state index in [2.05, 4.69) is 15.3 Å². The zero-order chi connectivity index (χ0) is 11.5. The summed E-state index contributed by atoms with van der Waals surface area (Å²) in [6.07, 6.45) is 2.84. The minimum atomic E-state index is 0.174. The van der Waals surface area contributed by atoms with Crippen molar-refractivity contribution in [1.29, 1.82) is 0 Å². The maximum absolute atomic E-state index is 11.7. The maximum Gasteiger partial charge on any atom is 0.236 e. The Bertz CT molecular complexity index is 374. The molecule has 1 aromatic rings. The quantitative estimate of drug-likeness (QED) is 0.771. The number of imidazole rings is 1. The predicted molar refractivity (Wildman–Crippen MR) is 61.2 cm³/mol. The van der Waals surface area contributed by atoms with Crippen LogP contribution in [-0.2, 0) is 4.79 Å². The zero-order valence-corrected chi connectivity index (χ0v) is 9.79. The van der Waals surface area contributed by atoms with Crippen molar-refractivity contribution in [2.75, 3.05) is 26.7 Å². The molecule has 2 N–H and O–H groups in total. The molecule has 1 saturated heterocycles. The van der Waals surface area contributed by atoms with E-state index in [1.165, 1.54) is 0 Å². The largest absolute Gasteiger partial charge is 0.346 e. The Balaban J connectivity index is 1.95. The molecule has 1 aromatic heterocycles. The Morgan fingerprint density at radius 2 is 2.56 bits per heavy atom. The number of amides is 1. The first kappa shape index (κ1) is 11.1. The van der Waals surface area contributed by atoms with E-state index in [4.69, 9.17) is 0 Å². The van der Waals surface area contributed by atoms with E-state index >= 15 is 0 Å². The maximum atomic E-state index is 11.7. The first-order valence-electron chi connectivity index (χ1n) is 5.64. The highest BCUT2D eigenvalue weighted by atomic mass is 16.2. The van der Waals surface area contributed by atoms with Crippen molar-refractivity contribution in [3.8, 4) is 0 Å². The third kappa shape index (κ3) is 2.24. The molecular weight excluding hydrogens is 204 g/mol. The second-order valence-electron chi connectivity index (χ2n) is 4.31. The third-order valence-electron chi connectivity index (χ3n) is 2.98. The monoisotopic (exact) mass is 222 g/mol. The van der Waals surface area contributed by atoms with Crippen LogP contribution in [0.1, 0.15) is 23.9 Å². The van der Waals surface area contributed by atoms with E-state index in [9.17, 15) is 4.79 Å². The van der Waals surface area contributed by atoms with Crippen molar-refractivity contribution in [2.24, 2.45) is 0 Å². The first-order valence-corrected chi connectivity index (χ1v) is 5.64. The summed E-state index contributed by atoms with van der Waals surface area (Å²) < 4.78 is 0. The number of likely N-dealkylation sites (tertiary alicyclic amines) is 1. The molecule has 1 amide bonds. The lowest BCUT2D eigenvalue weighted by Gasteiger charge is -2.15. The number of hydrogen-bond acceptors (Lipinski definition) is 3. The Hall–Kier alpha value is -1.36. The lowest BCUT2D eigenvalue weighted by molar-refractivity contribution is -0.129. The highest BCUT2D eigenvalue weighted by Crippen LogP contribution is 2.24.